The Balaban J connectivity index is 0.952. The van der Waals surface area contributed by atoms with Gasteiger partial charge in [0.15, 0.2) is 0 Å². The molecule has 0 unspecified atom stereocenters. The molecule has 0 atom stereocenters. The van der Waals surface area contributed by atoms with Crippen molar-refractivity contribution in [1.29, 1.82) is 0 Å². The summed E-state index contributed by atoms with van der Waals surface area (Å²) in [6.07, 6.45) is 5.67. The Morgan fingerprint density at radius 1 is 0.674 bits per heavy atom. The molecule has 4 aromatic rings. The Kier molecular flexibility index (Phi) is 7.83. The van der Waals surface area contributed by atoms with Crippen LogP contribution in [0.4, 0.5) is 0 Å². The summed E-state index contributed by atoms with van der Waals surface area (Å²) in [5.74, 6) is 3.85. The predicted octanol–water partition coefficient (Wildman–Crippen LogP) is 8.64. The molecule has 43 heavy (non-hydrogen) atoms. The van der Waals surface area contributed by atoms with Gasteiger partial charge in [0.1, 0.15) is 46.4 Å². The van der Waals surface area contributed by atoms with Crippen molar-refractivity contribution in [3.63, 3.8) is 0 Å². The first kappa shape index (κ1) is 30.1. The molecule has 0 aliphatic heterocycles. The molecule has 6 rings (SSSR count). The van der Waals surface area contributed by atoms with Gasteiger partial charge in [-0.1, -0.05) is 34.6 Å². The van der Waals surface area contributed by atoms with E-state index in [0.29, 0.717) is 12.1 Å². The first-order chi connectivity index (χ1) is 20.2. The van der Waals surface area contributed by atoms with Gasteiger partial charge in [-0.2, -0.15) is 0 Å². The Morgan fingerprint density at radius 2 is 1.28 bits per heavy atom. The first-order valence-corrected chi connectivity index (χ1v) is 16.1. The smallest absolute Gasteiger partial charge is 0.137 e. The molecule has 6 nitrogen and oxygen atoms in total. The summed E-state index contributed by atoms with van der Waals surface area (Å²) < 4.78 is 25.0. The van der Waals surface area contributed by atoms with E-state index < -0.39 is 0 Å². The lowest BCUT2D eigenvalue weighted by atomic mass is 9.85. The standard InChI is InChI=1S/C37H50N2O4/c1-35(2,3)33-16-23-9-10-28(22-32(23)43-33)41-29-18-25(19-29)38-14-13-37(7,8)34-17-24-15-27(11-12-31(24)42-34)40-30-20-26(21-30)39-36(4,5)6/h9-12,15-17,22,25-26,29-30,38-39H,13-14,18-21H2,1-8H3/t25-,26-,29+,30+. The second-order valence-electron chi connectivity index (χ2n) is 15.7. The monoisotopic (exact) mass is 586 g/mol. The fraction of sp³-hybridized carbons (Fsp3) is 0.568. The lowest BCUT2D eigenvalue weighted by Gasteiger charge is -2.40. The van der Waals surface area contributed by atoms with Crippen LogP contribution in [0.1, 0.15) is 99.0 Å². The third-order valence-electron chi connectivity index (χ3n) is 9.00. The number of furan rings is 2. The maximum absolute atomic E-state index is 6.32. The van der Waals surface area contributed by atoms with Crippen LogP contribution >= 0.6 is 0 Å². The first-order valence-electron chi connectivity index (χ1n) is 16.1. The van der Waals surface area contributed by atoms with E-state index in [2.05, 4.69) is 96.4 Å². The summed E-state index contributed by atoms with van der Waals surface area (Å²) in [6.45, 7) is 18.6. The fourth-order valence-corrected chi connectivity index (χ4v) is 6.20. The maximum Gasteiger partial charge on any atom is 0.137 e. The summed E-state index contributed by atoms with van der Waals surface area (Å²) in [5, 5.41) is 9.64. The van der Waals surface area contributed by atoms with Crippen LogP contribution in [0.15, 0.2) is 57.4 Å². The Hall–Kier alpha value is -2.96. The van der Waals surface area contributed by atoms with Gasteiger partial charge in [0.25, 0.3) is 0 Å². The van der Waals surface area contributed by atoms with Crippen LogP contribution in [-0.2, 0) is 10.8 Å². The minimum absolute atomic E-state index is 0.00575. The van der Waals surface area contributed by atoms with Gasteiger partial charge in [-0.3, -0.25) is 0 Å². The largest absolute Gasteiger partial charge is 0.490 e. The number of hydrogen-bond acceptors (Lipinski definition) is 6. The summed E-state index contributed by atoms with van der Waals surface area (Å²) in [5.41, 5.74) is 1.89. The molecule has 2 aromatic carbocycles. The Labute approximate surface area is 256 Å². The molecular formula is C37H50N2O4. The summed E-state index contributed by atoms with van der Waals surface area (Å²) in [4.78, 5) is 0. The van der Waals surface area contributed by atoms with Gasteiger partial charge in [-0.25, -0.2) is 0 Å². The zero-order chi connectivity index (χ0) is 30.6. The third-order valence-corrected chi connectivity index (χ3v) is 9.00. The molecule has 2 fully saturated rings. The van der Waals surface area contributed by atoms with Gasteiger partial charge in [-0.05, 0) is 102 Å². The SMILES string of the molecule is CC(C)(C)N[C@H]1C[C@@H](Oc2ccc3oc(C(C)(C)CCN[C@H]4C[C@@H](Oc5ccc6cc(C(C)(C)C)oc6c5)C4)cc3c2)C1. The molecule has 0 amide bonds. The van der Waals surface area contributed by atoms with Gasteiger partial charge < -0.3 is 28.9 Å². The zero-order valence-corrected chi connectivity index (χ0v) is 27.3. The molecule has 2 aromatic heterocycles. The highest BCUT2D eigenvalue weighted by Gasteiger charge is 2.34. The van der Waals surface area contributed by atoms with Crippen LogP contribution in [0.5, 0.6) is 11.5 Å². The number of hydrogen-bond donors (Lipinski definition) is 2. The van der Waals surface area contributed by atoms with Crippen LogP contribution in [0, 0.1) is 0 Å². The third kappa shape index (κ3) is 7.07. The molecule has 2 heterocycles. The molecule has 6 heteroatoms. The lowest BCUT2D eigenvalue weighted by molar-refractivity contribution is 0.0735. The molecule has 0 spiro atoms. The highest BCUT2D eigenvalue weighted by molar-refractivity contribution is 5.80. The van der Waals surface area contributed by atoms with E-state index >= 15 is 0 Å². The van der Waals surface area contributed by atoms with Crippen molar-refractivity contribution < 1.29 is 18.3 Å². The van der Waals surface area contributed by atoms with E-state index in [1.54, 1.807) is 0 Å². The van der Waals surface area contributed by atoms with Crippen molar-refractivity contribution in [2.45, 2.75) is 128 Å². The molecule has 0 radical (unpaired) electrons. The zero-order valence-electron chi connectivity index (χ0n) is 27.3. The number of rotatable bonds is 10. The van der Waals surface area contributed by atoms with Crippen LogP contribution < -0.4 is 20.1 Å². The Bertz CT molecular complexity index is 1560. The predicted molar refractivity (Wildman–Crippen MR) is 175 cm³/mol. The molecule has 2 N–H and O–H groups in total. The van der Waals surface area contributed by atoms with E-state index in [1.807, 2.05) is 18.2 Å². The van der Waals surface area contributed by atoms with Gasteiger partial charge in [0.05, 0.1) is 0 Å². The van der Waals surface area contributed by atoms with Gasteiger partial charge >= 0.3 is 0 Å². The topological polar surface area (TPSA) is 68.8 Å². The molecule has 2 aliphatic rings. The molecule has 232 valence electrons. The van der Waals surface area contributed by atoms with E-state index in [1.165, 1.54) is 0 Å². The van der Waals surface area contributed by atoms with Crippen LogP contribution in [0.25, 0.3) is 21.9 Å². The number of nitrogens with one attached hydrogen (secondary N) is 2. The molecular weight excluding hydrogens is 536 g/mol. The van der Waals surface area contributed by atoms with Crippen molar-refractivity contribution in [2.24, 2.45) is 0 Å². The van der Waals surface area contributed by atoms with Gasteiger partial charge in [0, 0.05) is 45.3 Å². The van der Waals surface area contributed by atoms with E-state index in [-0.39, 0.29) is 28.6 Å². The fourth-order valence-electron chi connectivity index (χ4n) is 6.20. The minimum Gasteiger partial charge on any atom is -0.490 e. The quantitative estimate of drug-likeness (QED) is 0.194. The van der Waals surface area contributed by atoms with Crippen LogP contribution in [-0.4, -0.2) is 36.4 Å². The summed E-state index contributed by atoms with van der Waals surface area (Å²) in [6, 6.07) is 17.8. The van der Waals surface area contributed by atoms with Gasteiger partial charge in [0.2, 0.25) is 0 Å². The minimum atomic E-state index is -0.0726. The number of benzene rings is 2. The highest BCUT2D eigenvalue weighted by atomic mass is 16.5. The van der Waals surface area contributed by atoms with Crippen molar-refractivity contribution in [1.82, 2.24) is 10.6 Å². The molecule has 2 saturated carbocycles. The van der Waals surface area contributed by atoms with Crippen LogP contribution in [0.3, 0.4) is 0 Å². The average molecular weight is 587 g/mol. The highest BCUT2D eigenvalue weighted by Crippen LogP contribution is 2.36. The van der Waals surface area contributed by atoms with E-state index in [9.17, 15) is 0 Å². The number of fused-ring (bicyclic) bond motifs is 2. The number of ether oxygens (including phenoxy) is 2. The van der Waals surface area contributed by atoms with Crippen LogP contribution in [0.2, 0.25) is 0 Å². The van der Waals surface area contributed by atoms with Crippen molar-refractivity contribution in [2.75, 3.05) is 6.54 Å². The maximum atomic E-state index is 6.32. The summed E-state index contributed by atoms with van der Waals surface area (Å²) in [7, 11) is 0. The van der Waals surface area contributed by atoms with Crippen molar-refractivity contribution >= 4 is 21.9 Å². The second-order valence-corrected chi connectivity index (χ2v) is 15.7. The molecule has 0 saturated heterocycles. The van der Waals surface area contributed by atoms with E-state index in [0.717, 1.165) is 83.6 Å². The van der Waals surface area contributed by atoms with Crippen molar-refractivity contribution in [3.8, 4) is 11.5 Å². The normalized spacial score (nSPS) is 22.9. The molecule has 0 bridgehead atoms. The second kappa shape index (κ2) is 11.2. The van der Waals surface area contributed by atoms with E-state index in [4.69, 9.17) is 18.3 Å². The van der Waals surface area contributed by atoms with Gasteiger partial charge in [-0.15, -0.1) is 0 Å². The van der Waals surface area contributed by atoms with Crippen molar-refractivity contribution in [3.05, 3.63) is 60.1 Å². The summed E-state index contributed by atoms with van der Waals surface area (Å²) >= 11 is 0. The lowest BCUT2D eigenvalue weighted by Crippen LogP contribution is -2.53. The average Bonchev–Trinajstić information content (AvgIpc) is 3.49. The molecule has 2 aliphatic carbocycles. The Morgan fingerprint density at radius 3 is 1.95 bits per heavy atom.